The van der Waals surface area contributed by atoms with Crippen molar-refractivity contribution in [2.75, 3.05) is 39.4 Å². The Labute approximate surface area is 193 Å². The molecule has 0 radical (unpaired) electrons. The lowest BCUT2D eigenvalue weighted by molar-refractivity contribution is 0.0982. The lowest BCUT2D eigenvalue weighted by atomic mass is 9.98. The molecule has 2 rings (SSSR count). The molecule has 0 atom stereocenters. The smallest absolute Gasteiger partial charge is 0.191 e. The van der Waals surface area contributed by atoms with Crippen molar-refractivity contribution in [1.82, 2.24) is 30.3 Å². The van der Waals surface area contributed by atoms with E-state index in [1.165, 1.54) is 32.4 Å². The molecule has 9 heteroatoms. The summed E-state index contributed by atoms with van der Waals surface area (Å²) >= 11 is 0. The number of aromatic nitrogens is 3. The molecule has 8 nitrogen and oxygen atoms in total. The number of halogens is 1. The minimum absolute atomic E-state index is 0. The lowest BCUT2D eigenvalue weighted by Crippen LogP contribution is -2.55. The third-order valence-electron chi connectivity index (χ3n) is 5.42. The van der Waals surface area contributed by atoms with Crippen LogP contribution in [-0.4, -0.2) is 70.6 Å². The van der Waals surface area contributed by atoms with Crippen LogP contribution in [0.2, 0.25) is 0 Å². The van der Waals surface area contributed by atoms with Gasteiger partial charge in [0.05, 0.1) is 0 Å². The fourth-order valence-electron chi connectivity index (χ4n) is 3.35. The molecule has 29 heavy (non-hydrogen) atoms. The number of guanidine groups is 1. The molecule has 2 N–H and O–H groups in total. The summed E-state index contributed by atoms with van der Waals surface area (Å²) in [4.78, 5) is 7.33. The summed E-state index contributed by atoms with van der Waals surface area (Å²) in [6.07, 6.45) is 4.90. The molecule has 1 aromatic rings. The lowest BCUT2D eigenvalue weighted by Gasteiger charge is -2.41. The number of aliphatic imine (C=N–C) groups is 1. The Hall–Kier alpha value is -0.940. The quantitative estimate of drug-likeness (QED) is 0.213. The van der Waals surface area contributed by atoms with Crippen LogP contribution >= 0.6 is 24.0 Å². The Kier molecular flexibility index (Phi) is 12.0. The van der Waals surface area contributed by atoms with E-state index < -0.39 is 0 Å². The minimum Gasteiger partial charge on any atom is -0.382 e. The third-order valence-corrected chi connectivity index (χ3v) is 5.42. The van der Waals surface area contributed by atoms with Crippen molar-refractivity contribution in [2.24, 2.45) is 12.0 Å². The summed E-state index contributed by atoms with van der Waals surface area (Å²) in [6, 6.07) is 0. The molecule has 1 saturated heterocycles. The van der Waals surface area contributed by atoms with Crippen molar-refractivity contribution in [1.29, 1.82) is 0 Å². The Bertz CT molecular complexity index is 612. The molecule has 0 saturated carbocycles. The highest BCUT2D eigenvalue weighted by Crippen LogP contribution is 2.19. The second-order valence-corrected chi connectivity index (χ2v) is 8.08. The standard InChI is InChI=1S/C20H39N7O.HI/c1-6-28-14-10-11-21-19(22-15-18-25-24-17(2)26(18)5)23-16-20(3,4)27-12-8-7-9-13-27;/h6-16H2,1-5H3,(H2,21,22,23);1H. The van der Waals surface area contributed by atoms with Crippen LogP contribution < -0.4 is 10.6 Å². The molecule has 0 unspecified atom stereocenters. The number of hydrogen-bond acceptors (Lipinski definition) is 5. The van der Waals surface area contributed by atoms with Crippen molar-refractivity contribution in [3.63, 3.8) is 0 Å². The van der Waals surface area contributed by atoms with E-state index in [4.69, 9.17) is 9.73 Å². The van der Waals surface area contributed by atoms with Crippen molar-refractivity contribution >= 4 is 29.9 Å². The second-order valence-electron chi connectivity index (χ2n) is 8.08. The van der Waals surface area contributed by atoms with Gasteiger partial charge in [-0.25, -0.2) is 4.99 Å². The first-order valence-electron chi connectivity index (χ1n) is 10.6. The molecule has 1 aliphatic rings. The average Bonchev–Trinajstić information content (AvgIpc) is 3.02. The molecule has 0 aromatic carbocycles. The Morgan fingerprint density at radius 2 is 1.90 bits per heavy atom. The number of nitrogens with one attached hydrogen (secondary N) is 2. The molecule has 1 aliphatic heterocycles. The number of piperidine rings is 1. The SMILES string of the molecule is CCOCCCNC(=NCc1nnc(C)n1C)NCC(C)(C)N1CCCCC1.I. The van der Waals surface area contributed by atoms with Crippen LogP contribution in [0.4, 0.5) is 0 Å². The average molecular weight is 521 g/mol. The van der Waals surface area contributed by atoms with Gasteiger partial charge < -0.3 is 19.9 Å². The Morgan fingerprint density at radius 3 is 2.52 bits per heavy atom. The van der Waals surface area contributed by atoms with Crippen molar-refractivity contribution in [2.45, 2.75) is 65.5 Å². The van der Waals surface area contributed by atoms with E-state index in [2.05, 4.69) is 39.6 Å². The van der Waals surface area contributed by atoms with Gasteiger partial charge in [0.25, 0.3) is 0 Å². The van der Waals surface area contributed by atoms with E-state index in [0.29, 0.717) is 6.54 Å². The predicted octanol–water partition coefficient (Wildman–Crippen LogP) is 2.47. The van der Waals surface area contributed by atoms with E-state index in [9.17, 15) is 0 Å². The topological polar surface area (TPSA) is 79.6 Å². The summed E-state index contributed by atoms with van der Waals surface area (Å²) in [5.74, 6) is 2.58. The summed E-state index contributed by atoms with van der Waals surface area (Å²) in [5.41, 5.74) is 0.0928. The van der Waals surface area contributed by atoms with Crippen molar-refractivity contribution in [3.8, 4) is 0 Å². The number of aryl methyl sites for hydroxylation is 1. The van der Waals surface area contributed by atoms with Gasteiger partial charge in [-0.15, -0.1) is 34.2 Å². The fourth-order valence-corrected chi connectivity index (χ4v) is 3.35. The van der Waals surface area contributed by atoms with Gasteiger partial charge in [-0.3, -0.25) is 4.90 Å². The van der Waals surface area contributed by atoms with E-state index >= 15 is 0 Å². The van der Waals surface area contributed by atoms with E-state index in [0.717, 1.165) is 50.3 Å². The molecule has 0 aliphatic carbocycles. The zero-order valence-electron chi connectivity index (χ0n) is 18.8. The van der Waals surface area contributed by atoms with Gasteiger partial charge in [0.1, 0.15) is 12.4 Å². The molecule has 1 fully saturated rings. The van der Waals surface area contributed by atoms with Gasteiger partial charge in [-0.2, -0.15) is 0 Å². The van der Waals surface area contributed by atoms with Gasteiger partial charge in [-0.05, 0) is 60.0 Å². The minimum atomic E-state index is 0. The summed E-state index contributed by atoms with van der Waals surface area (Å²) < 4.78 is 7.41. The van der Waals surface area contributed by atoms with Crippen LogP contribution in [0.25, 0.3) is 0 Å². The first-order valence-corrected chi connectivity index (χ1v) is 10.6. The highest BCUT2D eigenvalue weighted by atomic mass is 127. The van der Waals surface area contributed by atoms with Crippen molar-refractivity contribution in [3.05, 3.63) is 11.6 Å². The number of rotatable bonds is 10. The Balaban J connectivity index is 0.00000420. The molecule has 1 aromatic heterocycles. The number of ether oxygens (including phenoxy) is 1. The largest absolute Gasteiger partial charge is 0.382 e. The Morgan fingerprint density at radius 1 is 1.17 bits per heavy atom. The normalized spacial score (nSPS) is 15.8. The zero-order chi connectivity index (χ0) is 20.4. The molecule has 0 spiro atoms. The van der Waals surface area contributed by atoms with Crippen LogP contribution in [0.5, 0.6) is 0 Å². The van der Waals surface area contributed by atoms with Crippen LogP contribution in [0.3, 0.4) is 0 Å². The maximum absolute atomic E-state index is 5.43. The predicted molar refractivity (Wildman–Crippen MR) is 129 cm³/mol. The highest BCUT2D eigenvalue weighted by Gasteiger charge is 2.27. The molecule has 168 valence electrons. The van der Waals surface area contributed by atoms with Crippen LogP contribution in [0, 0.1) is 6.92 Å². The van der Waals surface area contributed by atoms with Crippen LogP contribution in [-0.2, 0) is 18.3 Å². The third kappa shape index (κ3) is 8.75. The first kappa shape index (κ1) is 26.1. The maximum Gasteiger partial charge on any atom is 0.191 e. The monoisotopic (exact) mass is 521 g/mol. The van der Waals surface area contributed by atoms with E-state index in [1.54, 1.807) is 0 Å². The molecule has 0 amide bonds. The zero-order valence-corrected chi connectivity index (χ0v) is 21.2. The molecular weight excluding hydrogens is 481 g/mol. The van der Waals surface area contributed by atoms with Gasteiger partial charge in [0, 0.05) is 38.9 Å². The number of hydrogen-bond donors (Lipinski definition) is 2. The molecule has 2 heterocycles. The van der Waals surface area contributed by atoms with Crippen molar-refractivity contribution < 1.29 is 4.74 Å². The maximum atomic E-state index is 5.43. The van der Waals surface area contributed by atoms with Crippen LogP contribution in [0.15, 0.2) is 4.99 Å². The number of nitrogens with zero attached hydrogens (tertiary/aromatic N) is 5. The van der Waals surface area contributed by atoms with Gasteiger partial charge in [-0.1, -0.05) is 6.42 Å². The van der Waals surface area contributed by atoms with Gasteiger partial charge >= 0.3 is 0 Å². The van der Waals surface area contributed by atoms with E-state index in [-0.39, 0.29) is 29.5 Å². The van der Waals surface area contributed by atoms with E-state index in [1.807, 2.05) is 25.5 Å². The van der Waals surface area contributed by atoms with Crippen LogP contribution in [0.1, 0.15) is 58.1 Å². The fraction of sp³-hybridized carbons (Fsp3) is 0.850. The van der Waals surface area contributed by atoms with Gasteiger partial charge in [0.15, 0.2) is 11.8 Å². The first-order chi connectivity index (χ1) is 13.4. The summed E-state index contributed by atoms with van der Waals surface area (Å²) in [6.45, 7) is 14.7. The summed E-state index contributed by atoms with van der Waals surface area (Å²) in [7, 11) is 1.97. The number of likely N-dealkylation sites (tertiary alicyclic amines) is 1. The highest BCUT2D eigenvalue weighted by molar-refractivity contribution is 14.0. The molecular formula is C20H40IN7O. The molecule has 0 bridgehead atoms. The van der Waals surface area contributed by atoms with Gasteiger partial charge in [0.2, 0.25) is 0 Å². The second kappa shape index (κ2) is 13.4. The summed E-state index contributed by atoms with van der Waals surface area (Å²) in [5, 5.41) is 15.3.